The molecule has 2 rings (SSSR count). The van der Waals surface area contributed by atoms with Crippen molar-refractivity contribution in [2.75, 3.05) is 6.54 Å². The first-order valence-electron chi connectivity index (χ1n) is 7.25. The van der Waals surface area contributed by atoms with Crippen LogP contribution in [0.4, 0.5) is 0 Å². The molecule has 1 aromatic carbocycles. The number of rotatable bonds is 7. The third-order valence-electron chi connectivity index (χ3n) is 3.51. The highest BCUT2D eigenvalue weighted by Crippen LogP contribution is 2.13. The molecule has 0 aliphatic heterocycles. The average Bonchev–Trinajstić information content (AvgIpc) is 3.04. The van der Waals surface area contributed by atoms with E-state index in [9.17, 15) is 4.79 Å². The van der Waals surface area contributed by atoms with Crippen LogP contribution in [0.1, 0.15) is 31.1 Å². The van der Waals surface area contributed by atoms with Crippen LogP contribution in [0.25, 0.3) is 0 Å². The molecule has 0 radical (unpaired) electrons. The summed E-state index contributed by atoms with van der Waals surface area (Å²) >= 11 is 0. The van der Waals surface area contributed by atoms with E-state index >= 15 is 0 Å². The van der Waals surface area contributed by atoms with Gasteiger partial charge in [-0.25, -0.2) is 0 Å². The van der Waals surface area contributed by atoms with Crippen LogP contribution < -0.4 is 10.6 Å². The zero-order valence-electron chi connectivity index (χ0n) is 12.5. The molecule has 0 bridgehead atoms. The van der Waals surface area contributed by atoms with Crippen LogP contribution >= 0.6 is 0 Å². The summed E-state index contributed by atoms with van der Waals surface area (Å²) < 4.78 is 5.18. The van der Waals surface area contributed by atoms with Crippen LogP contribution in [0.5, 0.6) is 0 Å². The number of hydrogen-bond acceptors (Lipinski definition) is 3. The molecule has 4 heteroatoms. The number of carbonyl (C=O) groups excluding carboxylic acids is 1. The van der Waals surface area contributed by atoms with Gasteiger partial charge in [0.05, 0.1) is 18.8 Å². The molecule has 1 heterocycles. The van der Waals surface area contributed by atoms with Gasteiger partial charge in [-0.2, -0.15) is 0 Å². The molecule has 2 N–H and O–H groups in total. The maximum absolute atomic E-state index is 12.0. The van der Waals surface area contributed by atoms with Gasteiger partial charge in [-0.05, 0) is 30.5 Å². The van der Waals surface area contributed by atoms with Crippen LogP contribution in [0, 0.1) is 0 Å². The molecule has 2 aromatic rings. The molecular weight excluding hydrogens is 264 g/mol. The van der Waals surface area contributed by atoms with E-state index in [1.54, 1.807) is 6.26 Å². The Morgan fingerprint density at radius 1 is 1.14 bits per heavy atom. The quantitative estimate of drug-likeness (QED) is 0.823. The molecule has 2 atom stereocenters. The van der Waals surface area contributed by atoms with Crippen molar-refractivity contribution in [1.82, 2.24) is 10.6 Å². The largest absolute Gasteiger partial charge is 0.467 e. The SMILES string of the molecule is CC(NCC(C)c1ccccc1)C(=O)NCc1ccco1. The normalized spacial score (nSPS) is 13.6. The average molecular weight is 286 g/mol. The lowest BCUT2D eigenvalue weighted by molar-refractivity contribution is -0.123. The number of nitrogens with one attached hydrogen (secondary N) is 2. The highest BCUT2D eigenvalue weighted by atomic mass is 16.3. The molecule has 1 amide bonds. The van der Waals surface area contributed by atoms with Gasteiger partial charge in [0.25, 0.3) is 0 Å². The monoisotopic (exact) mass is 286 g/mol. The van der Waals surface area contributed by atoms with E-state index in [2.05, 4.69) is 29.7 Å². The van der Waals surface area contributed by atoms with Gasteiger partial charge in [0, 0.05) is 6.54 Å². The summed E-state index contributed by atoms with van der Waals surface area (Å²) in [6, 6.07) is 13.7. The van der Waals surface area contributed by atoms with Crippen molar-refractivity contribution in [1.29, 1.82) is 0 Å². The molecule has 1 aromatic heterocycles. The number of hydrogen-bond donors (Lipinski definition) is 2. The van der Waals surface area contributed by atoms with Crippen LogP contribution in [-0.2, 0) is 11.3 Å². The number of amides is 1. The minimum atomic E-state index is -0.230. The number of furan rings is 1. The third-order valence-corrected chi connectivity index (χ3v) is 3.51. The van der Waals surface area contributed by atoms with Crippen LogP contribution in [0.15, 0.2) is 53.1 Å². The van der Waals surface area contributed by atoms with E-state index in [-0.39, 0.29) is 11.9 Å². The van der Waals surface area contributed by atoms with Crippen molar-refractivity contribution in [3.8, 4) is 0 Å². The fraction of sp³-hybridized carbons (Fsp3) is 0.353. The summed E-state index contributed by atoms with van der Waals surface area (Å²) in [5.41, 5.74) is 1.27. The van der Waals surface area contributed by atoms with Gasteiger partial charge in [0.1, 0.15) is 5.76 Å². The minimum Gasteiger partial charge on any atom is -0.467 e. The summed E-state index contributed by atoms with van der Waals surface area (Å²) in [6.07, 6.45) is 1.60. The topological polar surface area (TPSA) is 54.3 Å². The summed E-state index contributed by atoms with van der Waals surface area (Å²) in [5, 5.41) is 6.12. The first-order valence-corrected chi connectivity index (χ1v) is 7.25. The fourth-order valence-electron chi connectivity index (χ4n) is 2.09. The highest BCUT2D eigenvalue weighted by Gasteiger charge is 2.14. The Morgan fingerprint density at radius 2 is 1.90 bits per heavy atom. The Hall–Kier alpha value is -2.07. The molecule has 21 heavy (non-hydrogen) atoms. The van der Waals surface area contributed by atoms with Gasteiger partial charge in [-0.1, -0.05) is 37.3 Å². The molecule has 0 fully saturated rings. The molecule has 112 valence electrons. The van der Waals surface area contributed by atoms with Crippen molar-refractivity contribution < 1.29 is 9.21 Å². The highest BCUT2D eigenvalue weighted by molar-refractivity contribution is 5.81. The maximum atomic E-state index is 12.0. The van der Waals surface area contributed by atoms with E-state index in [4.69, 9.17) is 4.42 Å². The Balaban J connectivity index is 1.73. The van der Waals surface area contributed by atoms with Gasteiger partial charge < -0.3 is 15.1 Å². The molecular formula is C17H22N2O2. The maximum Gasteiger partial charge on any atom is 0.237 e. The van der Waals surface area contributed by atoms with E-state index in [1.165, 1.54) is 5.56 Å². The number of benzene rings is 1. The molecule has 0 aliphatic rings. The van der Waals surface area contributed by atoms with Crippen LogP contribution in [-0.4, -0.2) is 18.5 Å². The van der Waals surface area contributed by atoms with Crippen LogP contribution in [0.2, 0.25) is 0 Å². The fourth-order valence-corrected chi connectivity index (χ4v) is 2.09. The standard InChI is InChI=1S/C17H22N2O2/c1-13(15-7-4-3-5-8-15)11-18-14(2)17(20)19-12-16-9-6-10-21-16/h3-10,13-14,18H,11-12H2,1-2H3,(H,19,20). The second-order valence-corrected chi connectivity index (χ2v) is 5.24. The van der Waals surface area contributed by atoms with Crippen molar-refractivity contribution in [2.45, 2.75) is 32.4 Å². The molecule has 0 aliphatic carbocycles. The van der Waals surface area contributed by atoms with E-state index in [1.807, 2.05) is 37.3 Å². The number of carbonyl (C=O) groups is 1. The summed E-state index contributed by atoms with van der Waals surface area (Å²) in [7, 11) is 0. The van der Waals surface area contributed by atoms with Crippen molar-refractivity contribution >= 4 is 5.91 Å². The minimum absolute atomic E-state index is 0.0216. The predicted octanol–water partition coefficient (Wildman–Crippen LogP) is 2.68. The molecule has 0 saturated heterocycles. The van der Waals surface area contributed by atoms with Gasteiger partial charge >= 0.3 is 0 Å². The first kappa shape index (κ1) is 15.3. The molecule has 2 unspecified atom stereocenters. The summed E-state index contributed by atoms with van der Waals surface area (Å²) in [5.74, 6) is 1.10. The second-order valence-electron chi connectivity index (χ2n) is 5.24. The summed E-state index contributed by atoms with van der Waals surface area (Å²) in [4.78, 5) is 12.0. The van der Waals surface area contributed by atoms with Crippen molar-refractivity contribution in [2.24, 2.45) is 0 Å². The molecule has 0 saturated carbocycles. The Labute approximate surface area is 125 Å². The zero-order valence-corrected chi connectivity index (χ0v) is 12.5. The summed E-state index contributed by atoms with van der Waals surface area (Å²) in [6.45, 7) is 5.20. The Kier molecular flexibility index (Phi) is 5.58. The molecule has 0 spiro atoms. The van der Waals surface area contributed by atoms with E-state index in [0.29, 0.717) is 12.5 Å². The van der Waals surface area contributed by atoms with Gasteiger partial charge in [0.15, 0.2) is 0 Å². The molecule has 4 nitrogen and oxygen atoms in total. The first-order chi connectivity index (χ1) is 10.2. The van der Waals surface area contributed by atoms with Gasteiger partial charge in [-0.3, -0.25) is 4.79 Å². The van der Waals surface area contributed by atoms with Gasteiger partial charge in [-0.15, -0.1) is 0 Å². The van der Waals surface area contributed by atoms with Crippen LogP contribution in [0.3, 0.4) is 0 Å². The second kappa shape index (κ2) is 7.64. The van der Waals surface area contributed by atoms with Crippen molar-refractivity contribution in [3.05, 3.63) is 60.1 Å². The van der Waals surface area contributed by atoms with E-state index in [0.717, 1.165) is 12.3 Å². The lowest BCUT2D eigenvalue weighted by Gasteiger charge is -2.17. The zero-order chi connectivity index (χ0) is 15.1. The van der Waals surface area contributed by atoms with Gasteiger partial charge in [0.2, 0.25) is 5.91 Å². The predicted molar refractivity (Wildman–Crippen MR) is 82.9 cm³/mol. The Morgan fingerprint density at radius 3 is 2.57 bits per heavy atom. The van der Waals surface area contributed by atoms with Crippen molar-refractivity contribution in [3.63, 3.8) is 0 Å². The van der Waals surface area contributed by atoms with E-state index < -0.39 is 0 Å². The lowest BCUT2D eigenvalue weighted by atomic mass is 10.0. The third kappa shape index (κ3) is 4.76. The smallest absolute Gasteiger partial charge is 0.237 e. The Bertz CT molecular complexity index is 537. The lowest BCUT2D eigenvalue weighted by Crippen LogP contribution is -2.43.